The van der Waals surface area contributed by atoms with Gasteiger partial charge in [0.1, 0.15) is 6.04 Å². The molecule has 0 bridgehead atoms. The second kappa shape index (κ2) is 6.15. The van der Waals surface area contributed by atoms with Crippen molar-refractivity contribution in [3.05, 3.63) is 10.6 Å². The van der Waals surface area contributed by atoms with E-state index in [9.17, 15) is 0 Å². The molecule has 0 aromatic carbocycles. The molecule has 1 rings (SSSR count). The molecule has 1 heterocycles. The predicted molar refractivity (Wildman–Crippen MR) is 68.2 cm³/mol. The van der Waals surface area contributed by atoms with Crippen molar-refractivity contribution in [2.75, 3.05) is 14.1 Å². The Kier molecular flexibility index (Phi) is 5.15. The molecule has 0 fully saturated rings. The Balaban J connectivity index is 2.98. The molecule has 4 nitrogen and oxygen atoms in total. The minimum absolute atomic E-state index is 0.421. The molecule has 0 unspecified atom stereocenters. The summed E-state index contributed by atoms with van der Waals surface area (Å²) < 4.78 is 2.91. The Morgan fingerprint density at radius 2 is 2.12 bits per heavy atom. The zero-order valence-corrected chi connectivity index (χ0v) is 11.5. The van der Waals surface area contributed by atoms with Crippen molar-refractivity contribution in [2.45, 2.75) is 45.7 Å². The van der Waals surface area contributed by atoms with Crippen LogP contribution in [0.5, 0.6) is 0 Å². The first-order valence-corrected chi connectivity index (χ1v) is 6.47. The zero-order valence-electron chi connectivity index (χ0n) is 10.7. The summed E-state index contributed by atoms with van der Waals surface area (Å²) in [6.07, 6.45) is 3.41. The van der Waals surface area contributed by atoms with Gasteiger partial charge in [0.25, 0.3) is 0 Å². The fourth-order valence-corrected chi connectivity index (χ4v) is 2.21. The SMILES string of the molecule is CCCCn1c([C@H](CC)[NH+](C)C)n[nH]c1=S. The Bertz CT molecular complexity index is 366. The number of H-pyrrole nitrogens is 1. The van der Waals surface area contributed by atoms with Crippen LogP contribution in [0.4, 0.5) is 0 Å². The number of quaternary nitrogens is 1. The lowest BCUT2D eigenvalue weighted by atomic mass is 10.2. The Hall–Kier alpha value is -0.680. The maximum atomic E-state index is 5.28. The lowest BCUT2D eigenvalue weighted by Gasteiger charge is -2.19. The third-order valence-corrected chi connectivity index (χ3v) is 3.25. The zero-order chi connectivity index (χ0) is 12.1. The molecule has 0 amide bonds. The van der Waals surface area contributed by atoms with Crippen LogP contribution in [0.1, 0.15) is 45.0 Å². The van der Waals surface area contributed by atoms with Crippen molar-refractivity contribution in [3.8, 4) is 0 Å². The average Bonchev–Trinajstić information content (AvgIpc) is 2.58. The summed E-state index contributed by atoms with van der Waals surface area (Å²) >= 11 is 5.28. The van der Waals surface area contributed by atoms with Crippen molar-refractivity contribution in [1.29, 1.82) is 0 Å². The smallest absolute Gasteiger partial charge is 0.195 e. The first kappa shape index (κ1) is 13.4. The van der Waals surface area contributed by atoms with E-state index in [-0.39, 0.29) is 0 Å². The molecule has 16 heavy (non-hydrogen) atoms. The molecule has 0 aliphatic heterocycles. The van der Waals surface area contributed by atoms with E-state index in [4.69, 9.17) is 12.2 Å². The van der Waals surface area contributed by atoms with Crippen LogP contribution >= 0.6 is 12.2 Å². The van der Waals surface area contributed by atoms with Gasteiger partial charge in [0, 0.05) is 13.0 Å². The van der Waals surface area contributed by atoms with Crippen LogP contribution in [0.25, 0.3) is 0 Å². The molecule has 0 radical (unpaired) electrons. The minimum atomic E-state index is 0.421. The van der Waals surface area contributed by atoms with Gasteiger partial charge in [-0.2, -0.15) is 5.10 Å². The van der Waals surface area contributed by atoms with E-state index in [0.29, 0.717) is 6.04 Å². The Morgan fingerprint density at radius 1 is 1.44 bits per heavy atom. The number of hydrogen-bond acceptors (Lipinski definition) is 2. The van der Waals surface area contributed by atoms with Crippen molar-refractivity contribution >= 4 is 12.2 Å². The van der Waals surface area contributed by atoms with Gasteiger partial charge < -0.3 is 4.90 Å². The molecule has 0 aliphatic carbocycles. The fraction of sp³-hybridized carbons (Fsp3) is 0.818. The van der Waals surface area contributed by atoms with Crippen LogP contribution in [-0.4, -0.2) is 28.9 Å². The quantitative estimate of drug-likeness (QED) is 0.740. The highest BCUT2D eigenvalue weighted by molar-refractivity contribution is 7.71. The van der Waals surface area contributed by atoms with Crippen molar-refractivity contribution in [1.82, 2.24) is 14.8 Å². The summed E-state index contributed by atoms with van der Waals surface area (Å²) in [4.78, 5) is 1.40. The van der Waals surface area contributed by atoms with Crippen LogP contribution in [-0.2, 0) is 6.54 Å². The molecule has 1 aromatic heterocycles. The van der Waals surface area contributed by atoms with Crippen molar-refractivity contribution in [2.24, 2.45) is 0 Å². The van der Waals surface area contributed by atoms with E-state index in [1.54, 1.807) is 0 Å². The highest BCUT2D eigenvalue weighted by Crippen LogP contribution is 2.11. The van der Waals surface area contributed by atoms with Gasteiger partial charge in [0.2, 0.25) is 0 Å². The van der Waals surface area contributed by atoms with Crippen LogP contribution in [0.3, 0.4) is 0 Å². The second-order valence-electron chi connectivity index (χ2n) is 4.43. The summed E-state index contributed by atoms with van der Waals surface area (Å²) in [5.74, 6) is 1.10. The number of nitrogens with zero attached hydrogens (tertiary/aromatic N) is 2. The molecule has 92 valence electrons. The van der Waals surface area contributed by atoms with Crippen LogP contribution in [0.15, 0.2) is 0 Å². The normalized spacial score (nSPS) is 13.3. The molecule has 1 aromatic rings. The molecule has 0 saturated carbocycles. The summed E-state index contributed by atoms with van der Waals surface area (Å²) in [5, 5.41) is 7.30. The summed E-state index contributed by atoms with van der Waals surface area (Å²) in [7, 11) is 4.33. The third-order valence-electron chi connectivity index (χ3n) is 2.94. The van der Waals surface area contributed by atoms with Gasteiger partial charge in [-0.15, -0.1) is 0 Å². The molecule has 0 aliphatic rings. The fourth-order valence-electron chi connectivity index (χ4n) is 1.98. The average molecular weight is 243 g/mol. The molecule has 5 heteroatoms. The van der Waals surface area contributed by atoms with Crippen molar-refractivity contribution in [3.63, 3.8) is 0 Å². The van der Waals surface area contributed by atoms with Crippen LogP contribution < -0.4 is 4.90 Å². The van der Waals surface area contributed by atoms with Crippen LogP contribution in [0.2, 0.25) is 0 Å². The number of aromatic amines is 1. The summed E-state index contributed by atoms with van der Waals surface area (Å²) in [6.45, 7) is 5.36. The number of unbranched alkanes of at least 4 members (excludes halogenated alkanes) is 1. The van der Waals surface area contributed by atoms with E-state index < -0.39 is 0 Å². The lowest BCUT2D eigenvalue weighted by Crippen LogP contribution is -3.06. The van der Waals surface area contributed by atoms with E-state index in [0.717, 1.165) is 30.0 Å². The number of hydrogen-bond donors (Lipinski definition) is 2. The van der Waals surface area contributed by atoms with E-state index >= 15 is 0 Å². The van der Waals surface area contributed by atoms with Gasteiger partial charge in [-0.05, 0) is 18.6 Å². The topological polar surface area (TPSA) is 38.0 Å². The van der Waals surface area contributed by atoms with E-state index in [2.05, 4.69) is 42.7 Å². The number of nitrogens with one attached hydrogen (secondary N) is 2. The van der Waals surface area contributed by atoms with E-state index in [1.807, 2.05) is 0 Å². The van der Waals surface area contributed by atoms with Gasteiger partial charge in [0.05, 0.1) is 14.1 Å². The van der Waals surface area contributed by atoms with Crippen LogP contribution in [0, 0.1) is 4.77 Å². The maximum absolute atomic E-state index is 5.28. The van der Waals surface area contributed by atoms with Gasteiger partial charge in [-0.25, -0.2) is 0 Å². The molecule has 0 saturated heterocycles. The monoisotopic (exact) mass is 243 g/mol. The molecular formula is C11H23N4S+. The first-order chi connectivity index (χ1) is 7.61. The van der Waals surface area contributed by atoms with Gasteiger partial charge in [-0.1, -0.05) is 20.3 Å². The maximum Gasteiger partial charge on any atom is 0.195 e. The van der Waals surface area contributed by atoms with Gasteiger partial charge >= 0.3 is 0 Å². The number of rotatable bonds is 6. The Labute approximate surface area is 103 Å². The highest BCUT2D eigenvalue weighted by atomic mass is 32.1. The lowest BCUT2D eigenvalue weighted by molar-refractivity contribution is -0.893. The summed E-state index contributed by atoms with van der Waals surface area (Å²) in [5.41, 5.74) is 0. The second-order valence-corrected chi connectivity index (χ2v) is 4.82. The molecular weight excluding hydrogens is 220 g/mol. The van der Waals surface area contributed by atoms with Gasteiger partial charge in [-0.3, -0.25) is 9.67 Å². The molecule has 1 atom stereocenters. The first-order valence-electron chi connectivity index (χ1n) is 6.06. The standard InChI is InChI=1S/C11H22N4S/c1-5-7-8-15-10(12-13-11(15)16)9(6-2)14(3)4/h9H,5-8H2,1-4H3,(H,13,16)/p+1/t9-/m0/s1. The van der Waals surface area contributed by atoms with Gasteiger partial charge in [0.15, 0.2) is 10.6 Å². The highest BCUT2D eigenvalue weighted by Gasteiger charge is 2.21. The summed E-state index contributed by atoms with van der Waals surface area (Å²) in [6, 6.07) is 0.421. The molecule has 0 spiro atoms. The molecule has 2 N–H and O–H groups in total. The third kappa shape index (κ3) is 2.92. The van der Waals surface area contributed by atoms with Crippen molar-refractivity contribution < 1.29 is 4.90 Å². The minimum Gasteiger partial charge on any atom is -0.331 e. The number of aromatic nitrogens is 3. The Morgan fingerprint density at radius 3 is 2.62 bits per heavy atom. The largest absolute Gasteiger partial charge is 0.331 e. The predicted octanol–water partition coefficient (Wildman–Crippen LogP) is 1.34. The van der Waals surface area contributed by atoms with E-state index in [1.165, 1.54) is 11.3 Å².